The van der Waals surface area contributed by atoms with E-state index in [0.29, 0.717) is 0 Å². The van der Waals surface area contributed by atoms with Gasteiger partial charge in [0.1, 0.15) is 0 Å². The average Bonchev–Trinajstić information content (AvgIpc) is 3.85. The van der Waals surface area contributed by atoms with Crippen molar-refractivity contribution >= 4 is 54.4 Å². The topological polar surface area (TPSA) is 22.8 Å². The Morgan fingerprint density at radius 3 is 1.30 bits per heavy atom. The number of nitrogens with zero attached hydrogens (tertiary/aromatic N) is 3. The number of hydrogen-bond acceptors (Lipinski definition) is 1. The molecule has 0 saturated carbocycles. The van der Waals surface area contributed by atoms with Crippen molar-refractivity contribution < 1.29 is 0 Å². The molecule has 12 aromatic rings. The van der Waals surface area contributed by atoms with Crippen LogP contribution in [-0.2, 0) is 0 Å². The van der Waals surface area contributed by atoms with Crippen molar-refractivity contribution in [1.29, 1.82) is 0 Å². The Hall–Kier alpha value is -8.01. The highest BCUT2D eigenvalue weighted by molar-refractivity contribution is 6.11. The molecule has 3 heteroatoms. The van der Waals surface area contributed by atoms with Gasteiger partial charge >= 0.3 is 0 Å². The van der Waals surface area contributed by atoms with E-state index in [0.717, 1.165) is 39.5 Å². The maximum Gasteiger partial charge on any atom is 0.0541 e. The summed E-state index contributed by atoms with van der Waals surface area (Å²) in [6, 6.07) is 75.4. The molecule has 63 heavy (non-hydrogen) atoms. The lowest BCUT2D eigenvalue weighted by atomic mass is 9.89. The van der Waals surface area contributed by atoms with Gasteiger partial charge in [-0.05, 0) is 119 Å². The monoisotopic (exact) mass is 805 g/mol. The minimum absolute atomic E-state index is 1.04. The Morgan fingerprint density at radius 2 is 0.746 bits per heavy atom. The summed E-state index contributed by atoms with van der Waals surface area (Å²) in [6.45, 7) is 6.55. The quantitative estimate of drug-likeness (QED) is 0.164. The third-order valence-corrected chi connectivity index (χ3v) is 13.1. The Bertz CT molecular complexity index is 3530. The molecule has 0 fully saturated rings. The zero-order chi connectivity index (χ0) is 42.2. The van der Waals surface area contributed by atoms with E-state index in [4.69, 9.17) is 4.98 Å². The summed E-state index contributed by atoms with van der Waals surface area (Å²) in [5, 5.41) is 7.50. The molecule has 0 aliphatic heterocycles. The molecule has 0 radical (unpaired) electrons. The second-order valence-corrected chi connectivity index (χ2v) is 16.8. The fraction of sp³-hybridized carbons (Fsp3) is 0.0500. The predicted octanol–water partition coefficient (Wildman–Crippen LogP) is 16.0. The van der Waals surface area contributed by atoms with Gasteiger partial charge < -0.3 is 9.13 Å². The van der Waals surface area contributed by atoms with Crippen molar-refractivity contribution in [3.05, 3.63) is 223 Å². The number of para-hydroxylation sites is 4. The number of rotatable bonds is 6. The van der Waals surface area contributed by atoms with Gasteiger partial charge in [0.05, 0.1) is 22.1 Å². The highest BCUT2D eigenvalue weighted by Crippen LogP contribution is 2.41. The molecule has 0 aliphatic rings. The van der Waals surface area contributed by atoms with Gasteiger partial charge in [-0.15, -0.1) is 0 Å². The largest absolute Gasteiger partial charge is 0.309 e. The number of pyridine rings is 1. The van der Waals surface area contributed by atoms with Crippen LogP contribution in [0.4, 0.5) is 0 Å². The first-order valence-electron chi connectivity index (χ1n) is 21.8. The van der Waals surface area contributed by atoms with Crippen molar-refractivity contribution in [2.45, 2.75) is 20.8 Å². The van der Waals surface area contributed by atoms with Gasteiger partial charge in [-0.3, -0.25) is 4.98 Å². The van der Waals surface area contributed by atoms with E-state index < -0.39 is 0 Å². The van der Waals surface area contributed by atoms with Crippen LogP contribution in [0.3, 0.4) is 0 Å². The summed E-state index contributed by atoms with van der Waals surface area (Å²) in [5.74, 6) is 0. The van der Waals surface area contributed by atoms with Crippen molar-refractivity contribution in [1.82, 2.24) is 14.1 Å². The lowest BCUT2D eigenvalue weighted by Crippen LogP contribution is -2.01. The zero-order valence-corrected chi connectivity index (χ0v) is 35.5. The molecule has 12 rings (SSSR count). The maximum absolute atomic E-state index is 5.19. The van der Waals surface area contributed by atoms with Crippen LogP contribution in [0.1, 0.15) is 17.0 Å². The number of aryl methyl sites for hydroxylation is 2. The number of fused-ring (bicyclic) bond motifs is 7. The van der Waals surface area contributed by atoms with Gasteiger partial charge in [0.2, 0.25) is 0 Å². The molecular formula is C60H43N3. The Morgan fingerprint density at radius 1 is 0.317 bits per heavy atom. The van der Waals surface area contributed by atoms with Crippen LogP contribution < -0.4 is 0 Å². The SMILES string of the molecule is Cc1nc(C)c(-c2cccc(-c3cccc4ccccc34)c2)c(C)c1-c1ccc(-c2cc(-n3c4ccccc4c4ccccc43)cc(-n3c4ccccc4c4ccccc43)c2)cc1. The minimum Gasteiger partial charge on any atom is -0.309 e. The fourth-order valence-electron chi connectivity index (χ4n) is 10.5. The summed E-state index contributed by atoms with van der Waals surface area (Å²) in [6.07, 6.45) is 0. The molecule has 0 amide bonds. The molecule has 298 valence electrons. The van der Waals surface area contributed by atoms with Crippen LogP contribution in [-0.4, -0.2) is 14.1 Å². The van der Waals surface area contributed by atoms with E-state index in [9.17, 15) is 0 Å². The zero-order valence-electron chi connectivity index (χ0n) is 35.5. The van der Waals surface area contributed by atoms with Gasteiger partial charge in [-0.1, -0.05) is 158 Å². The molecule has 3 nitrogen and oxygen atoms in total. The molecular weight excluding hydrogens is 763 g/mol. The highest BCUT2D eigenvalue weighted by Gasteiger charge is 2.20. The average molecular weight is 806 g/mol. The first-order chi connectivity index (χ1) is 31.0. The molecule has 0 bridgehead atoms. The molecule has 0 unspecified atom stereocenters. The number of hydrogen-bond donors (Lipinski definition) is 0. The van der Waals surface area contributed by atoms with Crippen LogP contribution in [0.25, 0.3) is 110 Å². The summed E-state index contributed by atoms with van der Waals surface area (Å²) < 4.78 is 4.86. The number of benzene rings is 9. The van der Waals surface area contributed by atoms with E-state index in [-0.39, 0.29) is 0 Å². The van der Waals surface area contributed by atoms with Crippen molar-refractivity contribution in [2.24, 2.45) is 0 Å². The van der Waals surface area contributed by atoms with E-state index in [2.05, 4.69) is 236 Å². The normalized spacial score (nSPS) is 11.7. The summed E-state index contributed by atoms with van der Waals surface area (Å²) in [4.78, 5) is 5.19. The van der Waals surface area contributed by atoms with E-state index in [1.54, 1.807) is 0 Å². The Labute approximate surface area is 366 Å². The molecule has 0 N–H and O–H groups in total. The second-order valence-electron chi connectivity index (χ2n) is 16.8. The van der Waals surface area contributed by atoms with Gasteiger partial charge in [0.25, 0.3) is 0 Å². The Kier molecular flexibility index (Phi) is 8.52. The summed E-state index contributed by atoms with van der Waals surface area (Å²) in [5.41, 5.74) is 19.8. The first kappa shape index (κ1) is 36.8. The Balaban J connectivity index is 1.01. The highest BCUT2D eigenvalue weighted by atomic mass is 15.0. The molecule has 3 heterocycles. The van der Waals surface area contributed by atoms with Crippen molar-refractivity contribution in [3.8, 4) is 55.9 Å². The smallest absolute Gasteiger partial charge is 0.0541 e. The third-order valence-electron chi connectivity index (χ3n) is 13.1. The van der Waals surface area contributed by atoms with Crippen LogP contribution in [0, 0.1) is 20.8 Å². The van der Waals surface area contributed by atoms with Crippen molar-refractivity contribution in [2.75, 3.05) is 0 Å². The van der Waals surface area contributed by atoms with Crippen LogP contribution in [0.15, 0.2) is 206 Å². The van der Waals surface area contributed by atoms with Crippen LogP contribution >= 0.6 is 0 Å². The first-order valence-corrected chi connectivity index (χ1v) is 21.8. The molecule has 0 aliphatic carbocycles. The van der Waals surface area contributed by atoms with Gasteiger partial charge in [-0.25, -0.2) is 0 Å². The fourth-order valence-corrected chi connectivity index (χ4v) is 10.5. The lowest BCUT2D eigenvalue weighted by Gasteiger charge is -2.19. The summed E-state index contributed by atoms with van der Waals surface area (Å²) >= 11 is 0. The molecule has 9 aromatic carbocycles. The molecule has 3 aromatic heterocycles. The molecule has 0 atom stereocenters. The minimum atomic E-state index is 1.04. The molecule has 0 saturated heterocycles. The van der Waals surface area contributed by atoms with E-state index >= 15 is 0 Å². The standard InChI is InChI=1S/C60H43N3/c1-38-59(39(2)61-40(3)60(38)45-19-14-18-44(34-45)50-25-15-17-42-16-4-5-20-49(42)50)43-32-30-41(31-33-43)46-35-47(62-55-26-10-6-21-51(55)52-22-7-11-27-56(52)62)37-48(36-46)63-57-28-12-8-23-53(57)54-24-9-13-29-58(54)63/h4-37H,1-3H3. The van der Waals surface area contributed by atoms with Crippen LogP contribution in [0.2, 0.25) is 0 Å². The van der Waals surface area contributed by atoms with Gasteiger partial charge in [0, 0.05) is 55.4 Å². The van der Waals surface area contributed by atoms with Crippen LogP contribution in [0.5, 0.6) is 0 Å². The van der Waals surface area contributed by atoms with Crippen molar-refractivity contribution in [3.63, 3.8) is 0 Å². The van der Waals surface area contributed by atoms with Gasteiger partial charge in [0.15, 0.2) is 0 Å². The number of aromatic nitrogens is 3. The lowest BCUT2D eigenvalue weighted by molar-refractivity contribution is 1.11. The maximum atomic E-state index is 5.19. The van der Waals surface area contributed by atoms with E-state index in [1.807, 2.05) is 0 Å². The second kappa shape index (κ2) is 14.6. The van der Waals surface area contributed by atoms with E-state index in [1.165, 1.54) is 87.8 Å². The summed E-state index contributed by atoms with van der Waals surface area (Å²) in [7, 11) is 0. The molecule has 0 spiro atoms. The third kappa shape index (κ3) is 5.92. The predicted molar refractivity (Wildman–Crippen MR) is 266 cm³/mol. The van der Waals surface area contributed by atoms with Gasteiger partial charge in [-0.2, -0.15) is 0 Å².